The van der Waals surface area contributed by atoms with Gasteiger partial charge in [0.05, 0.1) is 11.6 Å². The molecule has 0 amide bonds. The van der Waals surface area contributed by atoms with Gasteiger partial charge in [-0.15, -0.1) is 0 Å². The highest BCUT2D eigenvalue weighted by Crippen LogP contribution is 2.18. The van der Waals surface area contributed by atoms with Gasteiger partial charge in [-0.05, 0) is 25.1 Å². The molecular weight excluding hydrogens is 221 g/mol. The summed E-state index contributed by atoms with van der Waals surface area (Å²) in [5.74, 6) is -0.904. The molecule has 0 aliphatic rings. The Labute approximate surface area is 92.2 Å². The minimum atomic E-state index is -0.523. The van der Waals surface area contributed by atoms with Gasteiger partial charge in [0.25, 0.3) is 0 Å². The standard InChI is InChI=1S/C10H11ClFNO2/c1-2-15-10(14)6-13-7-3-4-8(11)9(12)5-7/h3-5,13H,2,6H2,1H3. The fraction of sp³-hybridized carbons (Fsp3) is 0.300. The van der Waals surface area contributed by atoms with Crippen LogP contribution in [0.15, 0.2) is 18.2 Å². The van der Waals surface area contributed by atoms with Crippen molar-refractivity contribution in [3.63, 3.8) is 0 Å². The smallest absolute Gasteiger partial charge is 0.325 e. The number of carbonyl (C=O) groups is 1. The maximum Gasteiger partial charge on any atom is 0.325 e. The lowest BCUT2D eigenvalue weighted by molar-refractivity contribution is -0.140. The van der Waals surface area contributed by atoms with Gasteiger partial charge >= 0.3 is 5.97 Å². The van der Waals surface area contributed by atoms with E-state index in [2.05, 4.69) is 5.32 Å². The predicted octanol–water partition coefficient (Wildman–Crippen LogP) is 2.45. The number of rotatable bonds is 4. The molecule has 0 unspecified atom stereocenters. The fourth-order valence-corrected chi connectivity index (χ4v) is 1.11. The quantitative estimate of drug-likeness (QED) is 0.809. The van der Waals surface area contributed by atoms with Crippen molar-refractivity contribution in [3.8, 4) is 0 Å². The highest BCUT2D eigenvalue weighted by atomic mass is 35.5. The van der Waals surface area contributed by atoms with Crippen LogP contribution in [0.2, 0.25) is 5.02 Å². The van der Waals surface area contributed by atoms with Gasteiger partial charge in [0.1, 0.15) is 12.4 Å². The summed E-state index contributed by atoms with van der Waals surface area (Å²) in [5.41, 5.74) is 0.491. The summed E-state index contributed by atoms with van der Waals surface area (Å²) in [7, 11) is 0. The molecule has 1 N–H and O–H groups in total. The van der Waals surface area contributed by atoms with Crippen molar-refractivity contribution in [1.29, 1.82) is 0 Å². The molecule has 0 aromatic heterocycles. The number of anilines is 1. The van der Waals surface area contributed by atoms with E-state index in [0.717, 1.165) is 0 Å². The van der Waals surface area contributed by atoms with Gasteiger partial charge in [-0.1, -0.05) is 11.6 Å². The van der Waals surface area contributed by atoms with Crippen LogP contribution in [0.3, 0.4) is 0 Å². The maximum atomic E-state index is 13.0. The predicted molar refractivity (Wildman–Crippen MR) is 56.5 cm³/mol. The Morgan fingerprint density at radius 2 is 2.33 bits per heavy atom. The van der Waals surface area contributed by atoms with Gasteiger partial charge in [-0.3, -0.25) is 4.79 Å². The molecule has 0 atom stereocenters. The molecule has 0 radical (unpaired) electrons. The number of nitrogens with one attached hydrogen (secondary N) is 1. The molecule has 1 rings (SSSR count). The summed E-state index contributed by atoms with van der Waals surface area (Å²) in [6.07, 6.45) is 0. The third kappa shape index (κ3) is 3.75. The Bertz CT molecular complexity index is 357. The maximum absolute atomic E-state index is 13.0. The summed E-state index contributed by atoms with van der Waals surface area (Å²) in [5, 5.41) is 2.78. The number of benzene rings is 1. The van der Waals surface area contributed by atoms with Crippen LogP contribution in [0.4, 0.5) is 10.1 Å². The van der Waals surface area contributed by atoms with Crippen molar-refractivity contribution in [1.82, 2.24) is 0 Å². The van der Waals surface area contributed by atoms with E-state index >= 15 is 0 Å². The molecule has 15 heavy (non-hydrogen) atoms. The number of halogens is 2. The lowest BCUT2D eigenvalue weighted by Crippen LogP contribution is -2.16. The highest BCUT2D eigenvalue weighted by Gasteiger charge is 2.03. The van der Waals surface area contributed by atoms with Gasteiger partial charge in [0.15, 0.2) is 0 Å². The zero-order valence-corrected chi connectivity index (χ0v) is 8.97. The third-order valence-corrected chi connectivity index (χ3v) is 1.97. The second-order valence-corrected chi connectivity index (χ2v) is 3.19. The Kier molecular flexibility index (Phi) is 4.37. The number of ether oxygens (including phenoxy) is 1. The van der Waals surface area contributed by atoms with E-state index in [9.17, 15) is 9.18 Å². The van der Waals surface area contributed by atoms with Crippen molar-refractivity contribution in [2.45, 2.75) is 6.92 Å². The molecular formula is C10H11ClFNO2. The number of hydrogen-bond donors (Lipinski definition) is 1. The van der Waals surface area contributed by atoms with Crippen molar-refractivity contribution >= 4 is 23.3 Å². The molecule has 0 saturated carbocycles. The normalized spacial score (nSPS) is 9.80. The monoisotopic (exact) mass is 231 g/mol. The number of carbonyl (C=O) groups excluding carboxylic acids is 1. The van der Waals surface area contributed by atoms with E-state index in [0.29, 0.717) is 12.3 Å². The van der Waals surface area contributed by atoms with Gasteiger partial charge in [0, 0.05) is 5.69 Å². The largest absolute Gasteiger partial charge is 0.465 e. The Hall–Kier alpha value is -1.29. The molecule has 82 valence electrons. The third-order valence-electron chi connectivity index (χ3n) is 1.66. The summed E-state index contributed by atoms with van der Waals surface area (Å²) in [6, 6.07) is 4.23. The average Bonchev–Trinajstić information content (AvgIpc) is 2.20. The average molecular weight is 232 g/mol. The van der Waals surface area contributed by atoms with E-state index < -0.39 is 5.82 Å². The number of hydrogen-bond acceptors (Lipinski definition) is 3. The van der Waals surface area contributed by atoms with Crippen LogP contribution < -0.4 is 5.32 Å². The van der Waals surface area contributed by atoms with Crippen molar-refractivity contribution in [2.75, 3.05) is 18.5 Å². The topological polar surface area (TPSA) is 38.3 Å². The van der Waals surface area contributed by atoms with E-state index in [4.69, 9.17) is 16.3 Å². The molecule has 0 aliphatic heterocycles. The van der Waals surface area contributed by atoms with Crippen molar-refractivity contribution in [2.24, 2.45) is 0 Å². The van der Waals surface area contributed by atoms with Crippen molar-refractivity contribution < 1.29 is 13.9 Å². The van der Waals surface area contributed by atoms with Gasteiger partial charge < -0.3 is 10.1 Å². The van der Waals surface area contributed by atoms with Crippen LogP contribution in [0.5, 0.6) is 0 Å². The first-order valence-electron chi connectivity index (χ1n) is 4.48. The van der Waals surface area contributed by atoms with Gasteiger partial charge in [-0.25, -0.2) is 4.39 Å². The second-order valence-electron chi connectivity index (χ2n) is 2.79. The molecule has 0 heterocycles. The van der Waals surface area contributed by atoms with Gasteiger partial charge in [-0.2, -0.15) is 0 Å². The number of esters is 1. The Morgan fingerprint density at radius 1 is 1.60 bits per heavy atom. The molecule has 0 aliphatic carbocycles. The lowest BCUT2D eigenvalue weighted by atomic mass is 10.3. The first-order valence-corrected chi connectivity index (χ1v) is 4.86. The molecule has 0 saturated heterocycles. The summed E-state index contributed by atoms with van der Waals surface area (Å²) in [6.45, 7) is 2.06. The molecule has 0 spiro atoms. The molecule has 5 heteroatoms. The Balaban J connectivity index is 2.51. The van der Waals surface area contributed by atoms with E-state index in [1.54, 1.807) is 13.0 Å². The molecule has 1 aromatic rings. The Morgan fingerprint density at radius 3 is 2.93 bits per heavy atom. The van der Waals surface area contributed by atoms with Crippen LogP contribution in [-0.2, 0) is 9.53 Å². The van der Waals surface area contributed by atoms with Crippen LogP contribution >= 0.6 is 11.6 Å². The summed E-state index contributed by atoms with van der Waals surface area (Å²) < 4.78 is 17.7. The van der Waals surface area contributed by atoms with E-state index in [1.807, 2.05) is 0 Å². The SMILES string of the molecule is CCOC(=O)CNc1ccc(Cl)c(F)c1. The first kappa shape index (κ1) is 11.8. The van der Waals surface area contributed by atoms with Crippen LogP contribution in [0.25, 0.3) is 0 Å². The van der Waals surface area contributed by atoms with Gasteiger partial charge in [0.2, 0.25) is 0 Å². The zero-order valence-electron chi connectivity index (χ0n) is 8.22. The zero-order chi connectivity index (χ0) is 11.3. The lowest BCUT2D eigenvalue weighted by Gasteiger charge is -2.06. The highest BCUT2D eigenvalue weighted by molar-refractivity contribution is 6.30. The fourth-order valence-electron chi connectivity index (χ4n) is 0.992. The minimum Gasteiger partial charge on any atom is -0.465 e. The van der Waals surface area contributed by atoms with Crippen LogP contribution in [0, 0.1) is 5.82 Å². The minimum absolute atomic E-state index is 0.00884. The van der Waals surface area contributed by atoms with Crippen LogP contribution in [0.1, 0.15) is 6.92 Å². The molecule has 0 bridgehead atoms. The van der Waals surface area contributed by atoms with E-state index in [1.165, 1.54) is 12.1 Å². The molecule has 3 nitrogen and oxygen atoms in total. The van der Waals surface area contributed by atoms with E-state index in [-0.39, 0.29) is 17.5 Å². The first-order chi connectivity index (χ1) is 7.13. The molecule has 0 fully saturated rings. The van der Waals surface area contributed by atoms with Crippen molar-refractivity contribution in [3.05, 3.63) is 29.0 Å². The molecule has 1 aromatic carbocycles. The summed E-state index contributed by atoms with van der Waals surface area (Å²) in [4.78, 5) is 11.0. The van der Waals surface area contributed by atoms with Crippen LogP contribution in [-0.4, -0.2) is 19.1 Å². The second kappa shape index (κ2) is 5.56. The summed E-state index contributed by atoms with van der Waals surface area (Å²) >= 11 is 5.50.